The lowest BCUT2D eigenvalue weighted by molar-refractivity contribution is -0.166. The molecule has 0 fully saturated rings. The summed E-state index contributed by atoms with van der Waals surface area (Å²) in [6, 6.07) is 3.36. The number of ketones is 1. The second-order valence-electron chi connectivity index (χ2n) is 3.41. The van der Waals surface area contributed by atoms with Crippen LogP contribution in [0.2, 0.25) is 0 Å². The first-order valence-electron chi connectivity index (χ1n) is 4.89. The van der Waals surface area contributed by atoms with E-state index in [0.29, 0.717) is 5.56 Å². The van der Waals surface area contributed by atoms with E-state index >= 15 is 0 Å². The Labute approximate surface area is 106 Å². The first kappa shape index (κ1) is 14.6. The molecule has 0 aliphatic rings. The number of rotatable bonds is 4. The van der Waals surface area contributed by atoms with E-state index in [-0.39, 0.29) is 11.3 Å². The van der Waals surface area contributed by atoms with Gasteiger partial charge >= 0.3 is 6.18 Å². The fourth-order valence-corrected chi connectivity index (χ4v) is 1.87. The molecule has 1 aromatic heterocycles. The second-order valence-corrected chi connectivity index (χ2v) is 4.31. The fraction of sp³-hybridized carbons (Fsp3) is 0.273. The summed E-state index contributed by atoms with van der Waals surface area (Å²) >= 11 is 1.02. The van der Waals surface area contributed by atoms with Crippen molar-refractivity contribution < 1.29 is 18.0 Å². The van der Waals surface area contributed by atoms with Crippen LogP contribution in [0, 0.1) is 0 Å². The van der Waals surface area contributed by atoms with Crippen LogP contribution >= 0.6 is 11.8 Å². The van der Waals surface area contributed by atoms with Gasteiger partial charge in [-0.05, 0) is 17.9 Å². The van der Waals surface area contributed by atoms with E-state index in [1.54, 1.807) is 24.6 Å². The van der Waals surface area contributed by atoms with E-state index in [1.807, 2.05) is 0 Å². The molecule has 2 N–H and O–H groups in total. The number of hydrogen-bond donors (Lipinski definition) is 1. The molecule has 0 saturated carbocycles. The molecule has 98 valence electrons. The zero-order valence-electron chi connectivity index (χ0n) is 9.49. The Hall–Kier alpha value is -1.50. The van der Waals surface area contributed by atoms with Crippen molar-refractivity contribution in [3.8, 4) is 0 Å². The topological polar surface area (TPSA) is 56.0 Å². The van der Waals surface area contributed by atoms with Gasteiger partial charge in [-0.2, -0.15) is 13.2 Å². The minimum Gasteiger partial charge on any atom is -0.395 e. The molecule has 0 bridgehead atoms. The minimum atomic E-state index is -4.94. The van der Waals surface area contributed by atoms with Gasteiger partial charge in [0.25, 0.3) is 5.78 Å². The highest BCUT2D eigenvalue weighted by Gasteiger charge is 2.40. The molecule has 0 amide bonds. The first-order chi connectivity index (χ1) is 8.36. The Morgan fingerprint density at radius 3 is 2.61 bits per heavy atom. The predicted molar refractivity (Wildman–Crippen MR) is 63.7 cm³/mol. The molecule has 1 heterocycles. The van der Waals surface area contributed by atoms with Crippen LogP contribution < -0.4 is 5.73 Å². The molecule has 0 unspecified atom stereocenters. The van der Waals surface area contributed by atoms with Crippen LogP contribution in [0.25, 0.3) is 0 Å². The number of nitrogens with two attached hydrogens (primary N) is 1. The lowest BCUT2D eigenvalue weighted by Gasteiger charge is -2.10. The second kappa shape index (κ2) is 5.90. The van der Waals surface area contributed by atoms with Gasteiger partial charge in [0.05, 0.1) is 5.70 Å². The number of pyridine rings is 1. The molecular weight excluding hydrogens is 265 g/mol. The molecule has 0 aromatic carbocycles. The predicted octanol–water partition coefficient (Wildman–Crippen LogP) is 2.29. The molecule has 0 spiro atoms. The molecule has 0 aliphatic heterocycles. The highest BCUT2D eigenvalue weighted by Crippen LogP contribution is 2.25. The molecule has 0 atom stereocenters. The van der Waals surface area contributed by atoms with Crippen LogP contribution in [0.4, 0.5) is 13.2 Å². The largest absolute Gasteiger partial charge is 0.456 e. The van der Waals surface area contributed by atoms with Gasteiger partial charge < -0.3 is 5.73 Å². The number of aromatic nitrogens is 1. The summed E-state index contributed by atoms with van der Waals surface area (Å²) in [5.74, 6) is -2.00. The van der Waals surface area contributed by atoms with Crippen LogP contribution in [0.1, 0.15) is 5.56 Å². The molecule has 0 aliphatic carbocycles. The average molecular weight is 276 g/mol. The summed E-state index contributed by atoms with van der Waals surface area (Å²) < 4.78 is 36.7. The van der Waals surface area contributed by atoms with Gasteiger partial charge in [-0.1, -0.05) is 6.07 Å². The van der Waals surface area contributed by atoms with Gasteiger partial charge in [-0.15, -0.1) is 11.8 Å². The quantitative estimate of drug-likeness (QED) is 0.857. The Balaban J connectivity index is 2.98. The third kappa shape index (κ3) is 3.76. The van der Waals surface area contributed by atoms with Crippen LogP contribution in [-0.2, 0) is 11.2 Å². The smallest absolute Gasteiger partial charge is 0.395 e. The average Bonchev–Trinajstić information content (AvgIpc) is 2.34. The molecule has 3 nitrogen and oxygen atoms in total. The summed E-state index contributed by atoms with van der Waals surface area (Å²) in [5, 5.41) is 0. The Bertz CT molecular complexity index is 457. The van der Waals surface area contributed by atoms with Crippen molar-refractivity contribution in [3.63, 3.8) is 0 Å². The molecule has 1 rings (SSSR count). The number of hydrogen-bond acceptors (Lipinski definition) is 4. The lowest BCUT2D eigenvalue weighted by atomic mass is 10.1. The van der Waals surface area contributed by atoms with Crippen molar-refractivity contribution in [2.45, 2.75) is 12.6 Å². The summed E-state index contributed by atoms with van der Waals surface area (Å²) in [4.78, 5) is 15.0. The monoisotopic (exact) mass is 276 g/mol. The van der Waals surface area contributed by atoms with Gasteiger partial charge in [-0.25, -0.2) is 0 Å². The van der Waals surface area contributed by atoms with Crippen LogP contribution in [-0.4, -0.2) is 23.2 Å². The minimum absolute atomic E-state index is 0.155. The Kier molecular flexibility index (Phi) is 4.77. The molecular formula is C11H11F3N2OS. The number of alkyl halides is 3. The van der Waals surface area contributed by atoms with Crippen molar-refractivity contribution in [1.82, 2.24) is 4.98 Å². The van der Waals surface area contributed by atoms with Gasteiger partial charge in [0.15, 0.2) is 0 Å². The maximum absolute atomic E-state index is 12.2. The van der Waals surface area contributed by atoms with E-state index in [1.165, 1.54) is 6.20 Å². The summed E-state index contributed by atoms with van der Waals surface area (Å²) in [6.07, 6.45) is -0.150. The number of carbonyl (C=O) groups excluding carboxylic acids is 1. The van der Waals surface area contributed by atoms with E-state index < -0.39 is 17.7 Å². The Morgan fingerprint density at radius 1 is 1.50 bits per heavy atom. The maximum Gasteiger partial charge on any atom is 0.456 e. The summed E-state index contributed by atoms with van der Waals surface area (Å²) in [6.45, 7) is 0. The highest BCUT2D eigenvalue weighted by atomic mass is 32.2. The normalized spacial score (nSPS) is 13.1. The van der Waals surface area contributed by atoms with Crippen LogP contribution in [0.3, 0.4) is 0 Å². The number of Topliss-reactive ketones (excluding diaryl/α,β-unsaturated/α-hetero) is 1. The molecule has 0 radical (unpaired) electrons. The van der Waals surface area contributed by atoms with Crippen molar-refractivity contribution in [1.29, 1.82) is 0 Å². The van der Waals surface area contributed by atoms with Gasteiger partial charge in [0, 0.05) is 23.7 Å². The molecule has 1 aromatic rings. The zero-order chi connectivity index (χ0) is 13.8. The standard InChI is InChI=1S/C11H11F3N2OS/c1-18-8(5-7-3-2-4-16-6-7)9(15)10(17)11(12,13)14/h2-4,6H,5,15H2,1H3. The van der Waals surface area contributed by atoms with E-state index in [4.69, 9.17) is 5.73 Å². The molecule has 7 heteroatoms. The van der Waals surface area contributed by atoms with Gasteiger partial charge in [-0.3, -0.25) is 9.78 Å². The SMILES string of the molecule is CSC(Cc1cccnc1)=C(N)C(=O)C(F)(F)F. The van der Waals surface area contributed by atoms with Crippen molar-refractivity contribution >= 4 is 17.5 Å². The van der Waals surface area contributed by atoms with E-state index in [2.05, 4.69) is 4.98 Å². The van der Waals surface area contributed by atoms with Crippen molar-refractivity contribution in [2.75, 3.05) is 6.26 Å². The summed E-state index contributed by atoms with van der Waals surface area (Å²) in [5.41, 5.74) is 5.22. The lowest BCUT2D eigenvalue weighted by Crippen LogP contribution is -2.29. The van der Waals surface area contributed by atoms with Crippen LogP contribution in [0.5, 0.6) is 0 Å². The molecule has 18 heavy (non-hydrogen) atoms. The molecule has 0 saturated heterocycles. The van der Waals surface area contributed by atoms with E-state index in [0.717, 1.165) is 11.8 Å². The van der Waals surface area contributed by atoms with Crippen molar-refractivity contribution in [2.24, 2.45) is 5.73 Å². The van der Waals surface area contributed by atoms with Gasteiger partial charge in [0.2, 0.25) is 0 Å². The number of halogens is 3. The highest BCUT2D eigenvalue weighted by molar-refractivity contribution is 8.02. The number of carbonyl (C=O) groups is 1. The number of nitrogens with zero attached hydrogens (tertiary/aromatic N) is 1. The number of thioether (sulfide) groups is 1. The summed E-state index contributed by atoms with van der Waals surface area (Å²) in [7, 11) is 0. The van der Waals surface area contributed by atoms with E-state index in [9.17, 15) is 18.0 Å². The third-order valence-corrected chi connectivity index (χ3v) is 2.99. The fourth-order valence-electron chi connectivity index (χ4n) is 1.24. The van der Waals surface area contributed by atoms with Crippen LogP contribution in [0.15, 0.2) is 35.1 Å². The maximum atomic E-state index is 12.2. The first-order valence-corrected chi connectivity index (χ1v) is 6.11. The third-order valence-electron chi connectivity index (χ3n) is 2.14. The zero-order valence-corrected chi connectivity index (χ0v) is 10.3. The van der Waals surface area contributed by atoms with Gasteiger partial charge in [0.1, 0.15) is 0 Å². The Morgan fingerprint density at radius 2 is 2.17 bits per heavy atom. The number of allylic oxidation sites excluding steroid dienone is 2. The van der Waals surface area contributed by atoms with Crippen molar-refractivity contribution in [3.05, 3.63) is 40.7 Å².